The van der Waals surface area contributed by atoms with Gasteiger partial charge < -0.3 is 10.0 Å². The van der Waals surface area contributed by atoms with Crippen molar-refractivity contribution in [2.45, 2.75) is 26.9 Å². The molecule has 0 amide bonds. The molecule has 1 rings (SSSR count). The van der Waals surface area contributed by atoms with E-state index in [2.05, 4.69) is 0 Å². The number of rotatable bonds is 5. The molecule has 1 aromatic rings. The normalized spacial score (nSPS) is 10.6. The van der Waals surface area contributed by atoms with Gasteiger partial charge in [0, 0.05) is 13.1 Å². The molecule has 0 atom stereocenters. The Morgan fingerprint density at radius 2 is 1.75 bits per heavy atom. The summed E-state index contributed by atoms with van der Waals surface area (Å²) in [5.74, 6) is -1.22. The van der Waals surface area contributed by atoms with E-state index in [0.29, 0.717) is 13.1 Å². The van der Waals surface area contributed by atoms with Crippen LogP contribution < -0.4 is 4.90 Å². The fraction of sp³-hybridized carbons (Fsp3) is 0.500. The standard InChI is InChI=1S/C12H17F2NO/c1-3-5-15(4-2)12-10(13)6-9(8-16)7-11(12)14/h6-7,16H,3-5,8H2,1-2H3. The molecule has 0 fully saturated rings. The maximum absolute atomic E-state index is 13.7. The zero-order valence-electron chi connectivity index (χ0n) is 9.63. The molecule has 0 radical (unpaired) electrons. The van der Waals surface area contributed by atoms with Gasteiger partial charge in [-0.3, -0.25) is 0 Å². The minimum atomic E-state index is -0.612. The average molecular weight is 229 g/mol. The Morgan fingerprint density at radius 1 is 1.19 bits per heavy atom. The number of aliphatic hydroxyl groups is 1. The van der Waals surface area contributed by atoms with Crippen LogP contribution >= 0.6 is 0 Å². The predicted molar refractivity (Wildman–Crippen MR) is 60.5 cm³/mol. The fourth-order valence-corrected chi connectivity index (χ4v) is 1.71. The molecule has 1 aromatic carbocycles. The molecule has 4 heteroatoms. The summed E-state index contributed by atoms with van der Waals surface area (Å²) in [5.41, 5.74) is 0.257. The molecule has 16 heavy (non-hydrogen) atoms. The van der Waals surface area contributed by atoms with Crippen molar-refractivity contribution in [3.05, 3.63) is 29.3 Å². The van der Waals surface area contributed by atoms with Gasteiger partial charge in [0.15, 0.2) is 0 Å². The van der Waals surface area contributed by atoms with Gasteiger partial charge in [-0.25, -0.2) is 8.78 Å². The predicted octanol–water partition coefficient (Wildman–Crippen LogP) is 2.69. The second-order valence-electron chi connectivity index (χ2n) is 3.65. The van der Waals surface area contributed by atoms with Crippen molar-refractivity contribution in [1.29, 1.82) is 0 Å². The van der Waals surface area contributed by atoms with Crippen LogP contribution in [0.5, 0.6) is 0 Å². The van der Waals surface area contributed by atoms with Crippen LogP contribution in [0, 0.1) is 11.6 Å². The van der Waals surface area contributed by atoms with Crippen molar-refractivity contribution < 1.29 is 13.9 Å². The molecule has 0 bridgehead atoms. The lowest BCUT2D eigenvalue weighted by atomic mass is 10.1. The van der Waals surface area contributed by atoms with Crippen molar-refractivity contribution in [2.75, 3.05) is 18.0 Å². The molecule has 0 aliphatic rings. The zero-order chi connectivity index (χ0) is 12.1. The highest BCUT2D eigenvalue weighted by Crippen LogP contribution is 2.25. The lowest BCUT2D eigenvalue weighted by Crippen LogP contribution is -2.25. The zero-order valence-corrected chi connectivity index (χ0v) is 9.63. The van der Waals surface area contributed by atoms with Crippen LogP contribution in [0.2, 0.25) is 0 Å². The van der Waals surface area contributed by atoms with E-state index < -0.39 is 11.6 Å². The minimum absolute atomic E-state index is 0.00144. The molecule has 0 aromatic heterocycles. The van der Waals surface area contributed by atoms with Crippen LogP contribution in [0.1, 0.15) is 25.8 Å². The first-order chi connectivity index (χ1) is 7.63. The summed E-state index contributed by atoms with van der Waals surface area (Å²) in [5, 5.41) is 8.83. The Morgan fingerprint density at radius 3 is 2.12 bits per heavy atom. The maximum Gasteiger partial charge on any atom is 0.149 e. The van der Waals surface area contributed by atoms with Crippen LogP contribution in [0.15, 0.2) is 12.1 Å². The van der Waals surface area contributed by atoms with E-state index in [-0.39, 0.29) is 17.9 Å². The SMILES string of the molecule is CCCN(CC)c1c(F)cc(CO)cc1F. The van der Waals surface area contributed by atoms with Crippen LogP contribution in [0.3, 0.4) is 0 Å². The van der Waals surface area contributed by atoms with E-state index in [9.17, 15) is 8.78 Å². The number of anilines is 1. The Kier molecular flexibility index (Phi) is 4.68. The monoisotopic (exact) mass is 229 g/mol. The fourth-order valence-electron chi connectivity index (χ4n) is 1.71. The van der Waals surface area contributed by atoms with Crippen molar-refractivity contribution in [3.63, 3.8) is 0 Å². The number of nitrogens with zero attached hydrogens (tertiary/aromatic N) is 1. The molecule has 0 saturated carbocycles. The van der Waals surface area contributed by atoms with Gasteiger partial charge >= 0.3 is 0 Å². The van der Waals surface area contributed by atoms with Crippen molar-refractivity contribution in [3.8, 4) is 0 Å². The summed E-state index contributed by atoms with van der Waals surface area (Å²) in [6.07, 6.45) is 0.828. The molecule has 0 unspecified atom stereocenters. The van der Waals surface area contributed by atoms with Crippen molar-refractivity contribution >= 4 is 5.69 Å². The summed E-state index contributed by atoms with van der Waals surface area (Å²) in [6, 6.07) is 2.35. The van der Waals surface area contributed by atoms with Crippen LogP contribution in [0.25, 0.3) is 0 Å². The molecule has 0 saturated heterocycles. The highest BCUT2D eigenvalue weighted by atomic mass is 19.1. The third-order valence-corrected chi connectivity index (χ3v) is 2.45. The highest BCUT2D eigenvalue weighted by Gasteiger charge is 2.16. The first-order valence-electron chi connectivity index (χ1n) is 5.47. The maximum atomic E-state index is 13.7. The van der Waals surface area contributed by atoms with Gasteiger partial charge in [0.1, 0.15) is 17.3 Å². The smallest absolute Gasteiger partial charge is 0.149 e. The quantitative estimate of drug-likeness (QED) is 0.839. The Hall–Kier alpha value is -1.16. The summed E-state index contributed by atoms with van der Waals surface area (Å²) in [7, 11) is 0. The molecule has 0 aliphatic heterocycles. The average Bonchev–Trinajstić information content (AvgIpc) is 2.26. The number of halogens is 2. The van der Waals surface area contributed by atoms with E-state index >= 15 is 0 Å². The highest BCUT2D eigenvalue weighted by molar-refractivity contribution is 5.50. The third kappa shape index (κ3) is 2.70. The molecule has 1 N–H and O–H groups in total. The van der Waals surface area contributed by atoms with Gasteiger partial charge in [0.05, 0.1) is 6.61 Å². The molecular formula is C12H17F2NO. The molecule has 2 nitrogen and oxygen atoms in total. The van der Waals surface area contributed by atoms with E-state index in [1.54, 1.807) is 4.90 Å². The first-order valence-corrected chi connectivity index (χ1v) is 5.47. The summed E-state index contributed by atoms with van der Waals surface area (Å²) in [4.78, 5) is 1.66. The third-order valence-electron chi connectivity index (χ3n) is 2.45. The van der Waals surface area contributed by atoms with Crippen LogP contribution in [0.4, 0.5) is 14.5 Å². The van der Waals surface area contributed by atoms with Gasteiger partial charge in [-0.05, 0) is 31.0 Å². The molecule has 0 aliphatic carbocycles. The van der Waals surface area contributed by atoms with Gasteiger partial charge in [0.2, 0.25) is 0 Å². The van der Waals surface area contributed by atoms with Crippen LogP contribution in [-0.2, 0) is 6.61 Å². The van der Waals surface area contributed by atoms with Gasteiger partial charge in [0.25, 0.3) is 0 Å². The Balaban J connectivity index is 3.11. The molecule has 0 spiro atoms. The summed E-state index contributed by atoms with van der Waals surface area (Å²) >= 11 is 0. The Bertz CT molecular complexity index is 332. The lowest BCUT2D eigenvalue weighted by Gasteiger charge is -2.23. The largest absolute Gasteiger partial charge is 0.392 e. The number of hydrogen-bond acceptors (Lipinski definition) is 2. The number of hydrogen-bond donors (Lipinski definition) is 1. The summed E-state index contributed by atoms with van der Waals surface area (Å²) < 4.78 is 27.3. The topological polar surface area (TPSA) is 23.5 Å². The van der Waals surface area contributed by atoms with E-state index in [4.69, 9.17) is 5.11 Å². The van der Waals surface area contributed by atoms with Gasteiger partial charge in [-0.1, -0.05) is 6.92 Å². The molecule has 90 valence electrons. The van der Waals surface area contributed by atoms with E-state index in [0.717, 1.165) is 6.42 Å². The second kappa shape index (κ2) is 5.80. The van der Waals surface area contributed by atoms with Crippen LogP contribution in [-0.4, -0.2) is 18.2 Å². The minimum Gasteiger partial charge on any atom is -0.392 e. The lowest BCUT2D eigenvalue weighted by molar-refractivity contribution is 0.280. The first kappa shape index (κ1) is 12.9. The second-order valence-corrected chi connectivity index (χ2v) is 3.65. The summed E-state index contributed by atoms with van der Waals surface area (Å²) in [6.45, 7) is 4.63. The molecule has 0 heterocycles. The molecular weight excluding hydrogens is 212 g/mol. The van der Waals surface area contributed by atoms with Crippen molar-refractivity contribution in [1.82, 2.24) is 0 Å². The van der Waals surface area contributed by atoms with E-state index in [1.165, 1.54) is 12.1 Å². The van der Waals surface area contributed by atoms with Crippen molar-refractivity contribution in [2.24, 2.45) is 0 Å². The number of benzene rings is 1. The Labute approximate surface area is 94.5 Å². The van der Waals surface area contributed by atoms with Gasteiger partial charge in [-0.15, -0.1) is 0 Å². The van der Waals surface area contributed by atoms with Gasteiger partial charge in [-0.2, -0.15) is 0 Å². The number of aliphatic hydroxyl groups excluding tert-OH is 1. The van der Waals surface area contributed by atoms with E-state index in [1.807, 2.05) is 13.8 Å².